The van der Waals surface area contributed by atoms with E-state index in [1.54, 1.807) is 0 Å². The van der Waals surface area contributed by atoms with Gasteiger partial charge in [-0.3, -0.25) is 0 Å². The molecule has 1 aromatic rings. The van der Waals surface area contributed by atoms with Gasteiger partial charge in [-0.15, -0.1) is 11.3 Å². The van der Waals surface area contributed by atoms with Crippen molar-refractivity contribution in [2.45, 2.75) is 38.8 Å². The molecule has 0 aliphatic heterocycles. The first-order valence-corrected chi connectivity index (χ1v) is 6.88. The van der Waals surface area contributed by atoms with E-state index in [-0.39, 0.29) is 0 Å². The Bertz CT molecular complexity index is 297. The molecular weight excluding hydrogens is 258 g/mol. The maximum atomic E-state index is 3.64. The fourth-order valence-corrected chi connectivity index (χ4v) is 3.52. The van der Waals surface area contributed by atoms with Crippen LogP contribution in [0.1, 0.15) is 31.1 Å². The number of halogens is 1. The molecule has 0 amide bonds. The van der Waals surface area contributed by atoms with E-state index < -0.39 is 0 Å². The third-order valence-corrected chi connectivity index (χ3v) is 4.86. The zero-order chi connectivity index (χ0) is 9.97. The van der Waals surface area contributed by atoms with Gasteiger partial charge >= 0.3 is 0 Å². The largest absolute Gasteiger partial charge is 0.309 e. The highest BCUT2D eigenvalue weighted by molar-refractivity contribution is 9.10. The Morgan fingerprint density at radius 3 is 3.00 bits per heavy atom. The van der Waals surface area contributed by atoms with Crippen molar-refractivity contribution in [1.82, 2.24) is 5.32 Å². The van der Waals surface area contributed by atoms with Crippen molar-refractivity contribution in [2.75, 3.05) is 0 Å². The fraction of sp³-hybridized carbons (Fsp3) is 0.636. The molecule has 0 aromatic carbocycles. The van der Waals surface area contributed by atoms with Crippen LogP contribution in [0.2, 0.25) is 0 Å². The normalized spacial score (nSPS) is 27.0. The summed E-state index contributed by atoms with van der Waals surface area (Å²) in [5, 5.41) is 5.77. The second kappa shape index (κ2) is 4.77. The lowest BCUT2D eigenvalue weighted by molar-refractivity contribution is 0.504. The molecule has 2 atom stereocenters. The van der Waals surface area contributed by atoms with Crippen molar-refractivity contribution in [3.63, 3.8) is 0 Å². The molecule has 1 heterocycles. The number of rotatable bonds is 3. The van der Waals surface area contributed by atoms with Gasteiger partial charge in [-0.1, -0.05) is 6.92 Å². The van der Waals surface area contributed by atoms with Crippen LogP contribution in [-0.4, -0.2) is 6.04 Å². The van der Waals surface area contributed by atoms with E-state index in [0.29, 0.717) is 0 Å². The molecule has 1 saturated carbocycles. The minimum absolute atomic E-state index is 0.749. The highest BCUT2D eigenvalue weighted by Crippen LogP contribution is 2.26. The van der Waals surface area contributed by atoms with Crippen molar-refractivity contribution in [3.05, 3.63) is 20.8 Å². The third kappa shape index (κ3) is 2.59. The van der Waals surface area contributed by atoms with E-state index in [4.69, 9.17) is 0 Å². The standard InChI is InChI=1S/C11H16BrNS/c1-8-2-3-9(6-8)13-7-11-10(12)4-5-14-11/h4-5,8-9,13H,2-3,6-7H2,1H3. The maximum absolute atomic E-state index is 3.64. The summed E-state index contributed by atoms with van der Waals surface area (Å²) in [5.41, 5.74) is 0. The van der Waals surface area contributed by atoms with E-state index in [2.05, 4.69) is 39.6 Å². The van der Waals surface area contributed by atoms with Crippen LogP contribution < -0.4 is 5.32 Å². The van der Waals surface area contributed by atoms with Crippen LogP contribution >= 0.6 is 27.3 Å². The Hall–Kier alpha value is 0.140. The highest BCUT2D eigenvalue weighted by atomic mass is 79.9. The molecule has 1 aromatic heterocycles. The molecule has 1 N–H and O–H groups in total. The number of thiophene rings is 1. The molecule has 0 spiro atoms. The monoisotopic (exact) mass is 273 g/mol. The Balaban J connectivity index is 1.80. The van der Waals surface area contributed by atoms with Gasteiger partial charge in [0.2, 0.25) is 0 Å². The average molecular weight is 274 g/mol. The molecular formula is C11H16BrNS. The van der Waals surface area contributed by atoms with E-state index in [0.717, 1.165) is 18.5 Å². The summed E-state index contributed by atoms with van der Waals surface area (Å²) in [5.74, 6) is 0.916. The second-order valence-electron chi connectivity index (χ2n) is 4.19. The van der Waals surface area contributed by atoms with Gasteiger partial charge in [0.25, 0.3) is 0 Å². The van der Waals surface area contributed by atoms with Gasteiger partial charge < -0.3 is 5.32 Å². The molecule has 1 aliphatic carbocycles. The summed E-state index contributed by atoms with van der Waals surface area (Å²) in [7, 11) is 0. The van der Waals surface area contributed by atoms with Gasteiger partial charge in [-0.05, 0) is 52.6 Å². The molecule has 3 heteroatoms. The molecule has 1 nitrogen and oxygen atoms in total. The van der Waals surface area contributed by atoms with Crippen LogP contribution in [0.15, 0.2) is 15.9 Å². The topological polar surface area (TPSA) is 12.0 Å². The Morgan fingerprint density at radius 2 is 2.43 bits per heavy atom. The summed E-state index contributed by atoms with van der Waals surface area (Å²) in [6.07, 6.45) is 4.09. The third-order valence-electron chi connectivity index (χ3n) is 2.94. The Morgan fingerprint density at radius 1 is 1.57 bits per heavy atom. The van der Waals surface area contributed by atoms with Crippen LogP contribution in [0, 0.1) is 5.92 Å². The minimum Gasteiger partial charge on any atom is -0.309 e. The summed E-state index contributed by atoms with van der Waals surface area (Å²) >= 11 is 5.38. The first-order chi connectivity index (χ1) is 6.75. The van der Waals surface area contributed by atoms with Crippen molar-refractivity contribution in [2.24, 2.45) is 5.92 Å². The summed E-state index contributed by atoms with van der Waals surface area (Å²) in [4.78, 5) is 1.42. The summed E-state index contributed by atoms with van der Waals surface area (Å²) in [6, 6.07) is 2.87. The van der Waals surface area contributed by atoms with Crippen molar-refractivity contribution >= 4 is 27.3 Å². The van der Waals surface area contributed by atoms with Gasteiger partial charge in [0, 0.05) is 21.9 Å². The SMILES string of the molecule is CC1CCC(NCc2sccc2Br)C1. The lowest BCUT2D eigenvalue weighted by atomic mass is 10.1. The second-order valence-corrected chi connectivity index (χ2v) is 6.04. The Labute approximate surface area is 98.0 Å². The quantitative estimate of drug-likeness (QED) is 0.884. The number of hydrogen-bond acceptors (Lipinski definition) is 2. The number of hydrogen-bond donors (Lipinski definition) is 1. The molecule has 14 heavy (non-hydrogen) atoms. The predicted octanol–water partition coefficient (Wildman–Crippen LogP) is 3.79. The summed E-state index contributed by atoms with van der Waals surface area (Å²) in [6.45, 7) is 3.37. The van der Waals surface area contributed by atoms with Crippen LogP contribution in [0.4, 0.5) is 0 Å². The van der Waals surface area contributed by atoms with Crippen LogP contribution in [-0.2, 0) is 6.54 Å². The molecule has 2 unspecified atom stereocenters. The molecule has 0 radical (unpaired) electrons. The lowest BCUT2D eigenvalue weighted by Gasteiger charge is -2.11. The summed E-state index contributed by atoms with van der Waals surface area (Å²) < 4.78 is 1.25. The van der Waals surface area contributed by atoms with Crippen molar-refractivity contribution < 1.29 is 0 Å². The minimum atomic E-state index is 0.749. The Kier molecular flexibility index (Phi) is 3.63. The van der Waals surface area contributed by atoms with Gasteiger partial charge in [-0.25, -0.2) is 0 Å². The molecule has 1 fully saturated rings. The average Bonchev–Trinajstić information content (AvgIpc) is 2.72. The van der Waals surface area contributed by atoms with E-state index >= 15 is 0 Å². The zero-order valence-electron chi connectivity index (χ0n) is 8.42. The molecule has 78 valence electrons. The van der Waals surface area contributed by atoms with Gasteiger partial charge in [0.1, 0.15) is 0 Å². The highest BCUT2D eigenvalue weighted by Gasteiger charge is 2.20. The zero-order valence-corrected chi connectivity index (χ0v) is 10.8. The van der Waals surface area contributed by atoms with E-state index in [1.807, 2.05) is 11.3 Å². The molecule has 0 bridgehead atoms. The van der Waals surface area contributed by atoms with Gasteiger partial charge in [0.15, 0.2) is 0 Å². The fourth-order valence-electron chi connectivity index (χ4n) is 2.08. The predicted molar refractivity (Wildman–Crippen MR) is 65.7 cm³/mol. The maximum Gasteiger partial charge on any atom is 0.0327 e. The molecule has 1 aliphatic rings. The molecule has 0 saturated heterocycles. The molecule has 2 rings (SSSR count). The van der Waals surface area contributed by atoms with E-state index in [1.165, 1.54) is 28.6 Å². The number of nitrogens with one attached hydrogen (secondary N) is 1. The smallest absolute Gasteiger partial charge is 0.0327 e. The van der Waals surface area contributed by atoms with Gasteiger partial charge in [0.05, 0.1) is 0 Å². The van der Waals surface area contributed by atoms with Gasteiger partial charge in [-0.2, -0.15) is 0 Å². The van der Waals surface area contributed by atoms with Crippen LogP contribution in [0.5, 0.6) is 0 Å². The van der Waals surface area contributed by atoms with Crippen LogP contribution in [0.25, 0.3) is 0 Å². The van der Waals surface area contributed by atoms with Crippen LogP contribution in [0.3, 0.4) is 0 Å². The lowest BCUT2D eigenvalue weighted by Crippen LogP contribution is -2.25. The first-order valence-electron chi connectivity index (χ1n) is 5.21. The van der Waals surface area contributed by atoms with Crippen molar-refractivity contribution in [1.29, 1.82) is 0 Å². The van der Waals surface area contributed by atoms with E-state index in [9.17, 15) is 0 Å². The van der Waals surface area contributed by atoms with Crippen molar-refractivity contribution in [3.8, 4) is 0 Å². The first kappa shape index (κ1) is 10.7.